The second-order valence-electron chi connectivity index (χ2n) is 5.24. The van der Waals surface area contributed by atoms with Crippen LogP contribution in [0.4, 0.5) is 4.39 Å². The summed E-state index contributed by atoms with van der Waals surface area (Å²) >= 11 is 3.27. The van der Waals surface area contributed by atoms with Crippen molar-refractivity contribution in [2.24, 2.45) is 0 Å². The number of halogens is 2. The van der Waals surface area contributed by atoms with Gasteiger partial charge in [0.05, 0.1) is 10.5 Å². The molecule has 1 aromatic carbocycles. The Bertz CT molecular complexity index is 423. The molecule has 1 rings (SSSR count). The highest BCUT2D eigenvalue weighted by Crippen LogP contribution is 2.35. The largest absolute Gasteiger partial charge is 0.309 e. The van der Waals surface area contributed by atoms with Gasteiger partial charge in [-0.3, -0.25) is 0 Å². The first-order chi connectivity index (χ1) is 8.88. The Morgan fingerprint density at radius 3 is 2.47 bits per heavy atom. The fourth-order valence-electron chi connectivity index (χ4n) is 2.39. The van der Waals surface area contributed by atoms with Gasteiger partial charge in [-0.05, 0) is 56.0 Å². The molecule has 0 heterocycles. The van der Waals surface area contributed by atoms with E-state index in [4.69, 9.17) is 0 Å². The van der Waals surface area contributed by atoms with Gasteiger partial charge in [-0.1, -0.05) is 26.0 Å². The van der Waals surface area contributed by atoms with Crippen molar-refractivity contribution in [1.82, 2.24) is 10.2 Å². The summed E-state index contributed by atoms with van der Waals surface area (Å²) in [4.78, 5) is 2.17. The zero-order chi connectivity index (χ0) is 14.6. The van der Waals surface area contributed by atoms with E-state index in [9.17, 15) is 4.39 Å². The molecule has 0 fully saturated rings. The van der Waals surface area contributed by atoms with Crippen molar-refractivity contribution in [3.63, 3.8) is 0 Å². The standard InChI is InChI=1S/C15H24BrFN2/c1-6-15(3,19(4)5)14(18-7-2)11-9-8-10-12(16)13(11)17/h8-10,14,18H,6-7H2,1-5H3. The lowest BCUT2D eigenvalue weighted by Crippen LogP contribution is -2.51. The molecule has 4 heteroatoms. The first-order valence-electron chi connectivity index (χ1n) is 6.73. The van der Waals surface area contributed by atoms with E-state index in [1.54, 1.807) is 6.07 Å². The Balaban J connectivity index is 3.31. The normalized spacial score (nSPS) is 16.4. The minimum atomic E-state index is -0.171. The Kier molecular flexibility index (Phi) is 5.96. The van der Waals surface area contributed by atoms with Gasteiger partial charge in [-0.25, -0.2) is 4.39 Å². The van der Waals surface area contributed by atoms with Crippen LogP contribution in [0.1, 0.15) is 38.8 Å². The SMILES string of the molecule is CCNC(c1cccc(Br)c1F)C(C)(CC)N(C)C. The molecule has 0 radical (unpaired) electrons. The van der Waals surface area contributed by atoms with Crippen LogP contribution in [0.3, 0.4) is 0 Å². The van der Waals surface area contributed by atoms with Crippen molar-refractivity contribution in [2.45, 2.75) is 38.8 Å². The summed E-state index contributed by atoms with van der Waals surface area (Å²) in [5, 5.41) is 3.44. The van der Waals surface area contributed by atoms with E-state index in [0.717, 1.165) is 13.0 Å². The molecule has 0 saturated carbocycles. The van der Waals surface area contributed by atoms with E-state index in [1.165, 1.54) is 0 Å². The summed E-state index contributed by atoms with van der Waals surface area (Å²) in [5.74, 6) is -0.171. The van der Waals surface area contributed by atoms with Crippen molar-refractivity contribution in [3.05, 3.63) is 34.1 Å². The first kappa shape index (κ1) is 16.6. The molecule has 0 saturated heterocycles. The second kappa shape index (κ2) is 6.82. The van der Waals surface area contributed by atoms with Crippen LogP contribution in [-0.4, -0.2) is 31.1 Å². The number of benzene rings is 1. The van der Waals surface area contributed by atoms with Crippen LogP contribution >= 0.6 is 15.9 Å². The van der Waals surface area contributed by atoms with Gasteiger partial charge in [0.2, 0.25) is 0 Å². The molecule has 0 aliphatic carbocycles. The van der Waals surface area contributed by atoms with E-state index in [-0.39, 0.29) is 17.4 Å². The van der Waals surface area contributed by atoms with E-state index in [2.05, 4.69) is 46.9 Å². The first-order valence-corrected chi connectivity index (χ1v) is 7.52. The van der Waals surface area contributed by atoms with Crippen LogP contribution in [0.15, 0.2) is 22.7 Å². The molecule has 19 heavy (non-hydrogen) atoms. The molecule has 2 atom stereocenters. The lowest BCUT2D eigenvalue weighted by Gasteiger charge is -2.43. The number of hydrogen-bond acceptors (Lipinski definition) is 2. The zero-order valence-electron chi connectivity index (χ0n) is 12.4. The summed E-state index contributed by atoms with van der Waals surface area (Å²) in [6, 6.07) is 5.44. The van der Waals surface area contributed by atoms with Gasteiger partial charge in [0.15, 0.2) is 0 Å². The molecule has 2 unspecified atom stereocenters. The predicted molar refractivity (Wildman–Crippen MR) is 82.9 cm³/mol. The maximum absolute atomic E-state index is 14.4. The number of hydrogen-bond donors (Lipinski definition) is 1. The minimum absolute atomic E-state index is 0.0463. The molecule has 0 aliphatic rings. The molecule has 0 aromatic heterocycles. The van der Waals surface area contributed by atoms with E-state index < -0.39 is 0 Å². The zero-order valence-corrected chi connectivity index (χ0v) is 14.0. The lowest BCUT2D eigenvalue weighted by molar-refractivity contribution is 0.112. The summed E-state index contributed by atoms with van der Waals surface area (Å²) in [6.07, 6.45) is 0.934. The molecule has 0 bridgehead atoms. The average molecular weight is 331 g/mol. The quantitative estimate of drug-likeness (QED) is 0.849. The summed E-state index contributed by atoms with van der Waals surface area (Å²) in [6.45, 7) is 7.16. The Hall–Kier alpha value is -0.450. The van der Waals surface area contributed by atoms with E-state index in [1.807, 2.05) is 26.2 Å². The van der Waals surface area contributed by atoms with Crippen LogP contribution in [-0.2, 0) is 0 Å². The number of nitrogens with one attached hydrogen (secondary N) is 1. The molecule has 0 spiro atoms. The lowest BCUT2D eigenvalue weighted by atomic mass is 9.83. The van der Waals surface area contributed by atoms with Crippen molar-refractivity contribution in [2.75, 3.05) is 20.6 Å². The van der Waals surface area contributed by atoms with Crippen molar-refractivity contribution in [1.29, 1.82) is 0 Å². The average Bonchev–Trinajstić information content (AvgIpc) is 2.38. The molecule has 0 amide bonds. The molecule has 108 valence electrons. The molecule has 2 nitrogen and oxygen atoms in total. The predicted octanol–water partition coefficient (Wildman–Crippen LogP) is 3.97. The van der Waals surface area contributed by atoms with Gasteiger partial charge in [-0.2, -0.15) is 0 Å². The highest BCUT2D eigenvalue weighted by atomic mass is 79.9. The molecule has 1 N–H and O–H groups in total. The van der Waals surface area contributed by atoms with Crippen molar-refractivity contribution in [3.8, 4) is 0 Å². The Morgan fingerprint density at radius 2 is 2.00 bits per heavy atom. The van der Waals surface area contributed by atoms with Crippen LogP contribution in [0.2, 0.25) is 0 Å². The van der Waals surface area contributed by atoms with Crippen LogP contribution in [0.25, 0.3) is 0 Å². The summed E-state index contributed by atoms with van der Waals surface area (Å²) in [5.41, 5.74) is 0.576. The molecule has 0 aliphatic heterocycles. The number of nitrogens with zero attached hydrogens (tertiary/aromatic N) is 1. The Labute approximate surface area is 124 Å². The monoisotopic (exact) mass is 330 g/mol. The molecular weight excluding hydrogens is 307 g/mol. The topological polar surface area (TPSA) is 15.3 Å². The second-order valence-corrected chi connectivity index (χ2v) is 6.09. The third kappa shape index (κ3) is 3.36. The van der Waals surface area contributed by atoms with Crippen molar-refractivity contribution < 1.29 is 4.39 Å². The summed E-state index contributed by atoms with van der Waals surface area (Å²) < 4.78 is 14.9. The van der Waals surface area contributed by atoms with Gasteiger partial charge in [0.1, 0.15) is 5.82 Å². The summed E-state index contributed by atoms with van der Waals surface area (Å²) in [7, 11) is 4.09. The Morgan fingerprint density at radius 1 is 1.37 bits per heavy atom. The van der Waals surface area contributed by atoms with Gasteiger partial charge in [0, 0.05) is 11.1 Å². The number of likely N-dealkylation sites (N-methyl/N-ethyl adjacent to an activating group) is 2. The highest BCUT2D eigenvalue weighted by Gasteiger charge is 2.36. The van der Waals surface area contributed by atoms with Crippen LogP contribution in [0.5, 0.6) is 0 Å². The fraction of sp³-hybridized carbons (Fsp3) is 0.600. The minimum Gasteiger partial charge on any atom is -0.309 e. The van der Waals surface area contributed by atoms with Crippen LogP contribution in [0, 0.1) is 5.82 Å². The van der Waals surface area contributed by atoms with Gasteiger partial charge < -0.3 is 10.2 Å². The maximum Gasteiger partial charge on any atom is 0.142 e. The highest BCUT2D eigenvalue weighted by molar-refractivity contribution is 9.10. The maximum atomic E-state index is 14.4. The van der Waals surface area contributed by atoms with Gasteiger partial charge >= 0.3 is 0 Å². The van der Waals surface area contributed by atoms with E-state index in [0.29, 0.717) is 10.0 Å². The van der Waals surface area contributed by atoms with Crippen molar-refractivity contribution >= 4 is 15.9 Å². The third-order valence-corrected chi connectivity index (χ3v) is 4.67. The fourth-order valence-corrected chi connectivity index (χ4v) is 2.77. The third-order valence-electron chi connectivity index (χ3n) is 4.06. The van der Waals surface area contributed by atoms with Gasteiger partial charge in [0.25, 0.3) is 0 Å². The number of rotatable bonds is 6. The smallest absolute Gasteiger partial charge is 0.142 e. The molecular formula is C15H24BrFN2. The van der Waals surface area contributed by atoms with Crippen LogP contribution < -0.4 is 5.32 Å². The molecule has 1 aromatic rings. The van der Waals surface area contributed by atoms with Gasteiger partial charge in [-0.15, -0.1) is 0 Å². The van der Waals surface area contributed by atoms with E-state index >= 15 is 0 Å².